The monoisotopic (exact) mass is 358 g/mol. The number of primary amides is 1. The van der Waals surface area contributed by atoms with E-state index in [4.69, 9.17) is 5.73 Å². The van der Waals surface area contributed by atoms with E-state index in [1.807, 2.05) is 12.1 Å². The van der Waals surface area contributed by atoms with Crippen LogP contribution < -0.4 is 5.73 Å². The van der Waals surface area contributed by atoms with Crippen LogP contribution in [0.3, 0.4) is 0 Å². The summed E-state index contributed by atoms with van der Waals surface area (Å²) in [5.41, 5.74) is 5.90. The molecular formula is C19H19FN2O2S. The zero-order chi connectivity index (χ0) is 17.8. The average Bonchev–Trinajstić information content (AvgIpc) is 3.09. The van der Waals surface area contributed by atoms with Gasteiger partial charge in [-0.15, -0.1) is 11.3 Å². The zero-order valence-electron chi connectivity index (χ0n) is 13.7. The highest BCUT2D eigenvalue weighted by molar-refractivity contribution is 7.16. The van der Waals surface area contributed by atoms with Crippen LogP contribution in [0.5, 0.6) is 0 Å². The molecule has 2 heterocycles. The molecule has 25 heavy (non-hydrogen) atoms. The molecule has 1 fully saturated rings. The molecule has 1 saturated heterocycles. The maximum Gasteiger partial charge on any atom is 0.246 e. The van der Waals surface area contributed by atoms with Gasteiger partial charge in [-0.05, 0) is 37.1 Å². The van der Waals surface area contributed by atoms with E-state index in [-0.39, 0.29) is 23.5 Å². The molecule has 0 radical (unpaired) electrons. The fraction of sp³-hybridized carbons (Fsp3) is 0.263. The third kappa shape index (κ3) is 4.14. The lowest BCUT2D eigenvalue weighted by Crippen LogP contribution is -2.43. The van der Waals surface area contributed by atoms with Crippen LogP contribution >= 0.6 is 11.3 Å². The first-order valence-corrected chi connectivity index (χ1v) is 8.97. The number of likely N-dealkylation sites (tertiary alicyclic amines) is 1. The van der Waals surface area contributed by atoms with Crippen molar-refractivity contribution in [3.63, 3.8) is 0 Å². The molecule has 4 nitrogen and oxygen atoms in total. The van der Waals surface area contributed by atoms with E-state index in [1.165, 1.54) is 23.5 Å². The van der Waals surface area contributed by atoms with Crippen molar-refractivity contribution in [2.24, 2.45) is 11.7 Å². The molecule has 2 N–H and O–H groups in total. The molecule has 0 saturated carbocycles. The normalized spacial score (nSPS) is 17.8. The van der Waals surface area contributed by atoms with Crippen LogP contribution in [-0.4, -0.2) is 29.8 Å². The summed E-state index contributed by atoms with van der Waals surface area (Å²) < 4.78 is 13.8. The largest absolute Gasteiger partial charge is 0.369 e. The summed E-state index contributed by atoms with van der Waals surface area (Å²) in [5.74, 6) is -1.01. The Labute approximate surface area is 149 Å². The van der Waals surface area contributed by atoms with Crippen LogP contribution in [0.1, 0.15) is 17.7 Å². The van der Waals surface area contributed by atoms with Crippen LogP contribution in [0.15, 0.2) is 42.5 Å². The Hall–Kier alpha value is -2.47. The Bertz CT molecular complexity index is 815. The third-order valence-electron chi connectivity index (χ3n) is 4.29. The van der Waals surface area contributed by atoms with Crippen molar-refractivity contribution in [2.45, 2.75) is 12.8 Å². The van der Waals surface area contributed by atoms with Gasteiger partial charge in [0.2, 0.25) is 11.8 Å². The number of nitrogens with two attached hydrogens (primary N) is 1. The molecule has 2 amide bonds. The molecule has 0 aliphatic carbocycles. The second-order valence-corrected chi connectivity index (χ2v) is 7.16. The molecule has 1 atom stereocenters. The lowest BCUT2D eigenvalue weighted by molar-refractivity contribution is -0.130. The van der Waals surface area contributed by atoms with Gasteiger partial charge in [0, 0.05) is 34.5 Å². The number of benzene rings is 1. The van der Waals surface area contributed by atoms with E-state index in [1.54, 1.807) is 29.2 Å². The number of carbonyl (C=O) groups is 2. The second-order valence-electron chi connectivity index (χ2n) is 6.04. The second kappa shape index (κ2) is 7.61. The van der Waals surface area contributed by atoms with Crippen LogP contribution in [0.4, 0.5) is 4.39 Å². The Kier molecular flexibility index (Phi) is 5.28. The van der Waals surface area contributed by atoms with Gasteiger partial charge in [0.1, 0.15) is 5.82 Å². The van der Waals surface area contributed by atoms with E-state index in [9.17, 15) is 14.0 Å². The van der Waals surface area contributed by atoms with Crippen molar-refractivity contribution in [3.8, 4) is 10.4 Å². The van der Waals surface area contributed by atoms with Crippen molar-refractivity contribution < 1.29 is 14.0 Å². The summed E-state index contributed by atoms with van der Waals surface area (Å²) in [4.78, 5) is 26.9. The van der Waals surface area contributed by atoms with Crippen LogP contribution in [0.25, 0.3) is 16.5 Å². The highest BCUT2D eigenvalue weighted by Crippen LogP contribution is 2.30. The number of thiophene rings is 1. The van der Waals surface area contributed by atoms with E-state index in [0.717, 1.165) is 22.6 Å². The molecule has 1 aliphatic heterocycles. The number of halogens is 1. The maximum atomic E-state index is 13.8. The first kappa shape index (κ1) is 17.4. The Morgan fingerprint density at radius 2 is 2.04 bits per heavy atom. The molecule has 0 bridgehead atoms. The SMILES string of the molecule is NC(=O)C1CCCN(C(=O)C=Cc2ccc(-c3ccccc3F)s2)C1. The molecular weight excluding hydrogens is 339 g/mol. The van der Waals surface area contributed by atoms with Crippen LogP contribution in [0.2, 0.25) is 0 Å². The summed E-state index contributed by atoms with van der Waals surface area (Å²) in [6, 6.07) is 10.3. The third-order valence-corrected chi connectivity index (χ3v) is 5.38. The average molecular weight is 358 g/mol. The molecule has 0 spiro atoms. The molecule has 1 aliphatic rings. The fourth-order valence-electron chi connectivity index (χ4n) is 2.92. The van der Waals surface area contributed by atoms with E-state index >= 15 is 0 Å². The molecule has 2 aromatic rings. The number of rotatable bonds is 4. The van der Waals surface area contributed by atoms with Gasteiger partial charge in [0.05, 0.1) is 5.92 Å². The Morgan fingerprint density at radius 3 is 2.80 bits per heavy atom. The van der Waals surface area contributed by atoms with Crippen molar-refractivity contribution in [1.82, 2.24) is 4.90 Å². The molecule has 130 valence electrons. The lowest BCUT2D eigenvalue weighted by atomic mass is 9.97. The minimum Gasteiger partial charge on any atom is -0.369 e. The highest BCUT2D eigenvalue weighted by atomic mass is 32.1. The standard InChI is InChI=1S/C19H19FN2O2S/c20-16-6-2-1-5-15(16)17-9-7-14(25-17)8-10-18(23)22-11-3-4-13(12-22)19(21)24/h1-2,5-10,13H,3-4,11-12H2,(H2,21,24). The van der Waals surface area contributed by atoms with Gasteiger partial charge in [-0.2, -0.15) is 0 Å². The van der Waals surface area contributed by atoms with Crippen molar-refractivity contribution in [2.75, 3.05) is 13.1 Å². The Balaban J connectivity index is 1.67. The van der Waals surface area contributed by atoms with Gasteiger partial charge < -0.3 is 10.6 Å². The maximum absolute atomic E-state index is 13.8. The van der Waals surface area contributed by atoms with E-state index in [0.29, 0.717) is 18.7 Å². The van der Waals surface area contributed by atoms with Crippen LogP contribution in [0, 0.1) is 11.7 Å². The summed E-state index contributed by atoms with van der Waals surface area (Å²) in [7, 11) is 0. The van der Waals surface area contributed by atoms with Crippen LogP contribution in [-0.2, 0) is 9.59 Å². The molecule has 3 rings (SSSR count). The molecule has 1 aromatic heterocycles. The quantitative estimate of drug-likeness (QED) is 0.853. The van der Waals surface area contributed by atoms with Gasteiger partial charge in [0.25, 0.3) is 0 Å². The minimum atomic E-state index is -0.353. The number of hydrogen-bond acceptors (Lipinski definition) is 3. The van der Waals surface area contributed by atoms with Gasteiger partial charge in [-0.3, -0.25) is 9.59 Å². The predicted octanol–water partition coefficient (Wildman–Crippen LogP) is 3.29. The first-order chi connectivity index (χ1) is 12.0. The smallest absolute Gasteiger partial charge is 0.246 e. The number of piperidine rings is 1. The van der Waals surface area contributed by atoms with Crippen molar-refractivity contribution in [3.05, 3.63) is 53.2 Å². The highest BCUT2D eigenvalue weighted by Gasteiger charge is 2.25. The number of hydrogen-bond donors (Lipinski definition) is 1. The number of amides is 2. The lowest BCUT2D eigenvalue weighted by Gasteiger charge is -2.30. The van der Waals surface area contributed by atoms with Gasteiger partial charge in [-0.1, -0.05) is 18.2 Å². The topological polar surface area (TPSA) is 63.4 Å². The summed E-state index contributed by atoms with van der Waals surface area (Å²) >= 11 is 1.42. The minimum absolute atomic E-state index is 0.133. The van der Waals surface area contributed by atoms with Gasteiger partial charge in [0.15, 0.2) is 0 Å². The number of carbonyl (C=O) groups excluding carboxylic acids is 2. The van der Waals surface area contributed by atoms with Gasteiger partial charge >= 0.3 is 0 Å². The fourth-order valence-corrected chi connectivity index (χ4v) is 3.85. The van der Waals surface area contributed by atoms with E-state index in [2.05, 4.69) is 0 Å². The summed E-state index contributed by atoms with van der Waals surface area (Å²) in [6.07, 6.45) is 4.74. The van der Waals surface area contributed by atoms with E-state index < -0.39 is 0 Å². The zero-order valence-corrected chi connectivity index (χ0v) is 14.5. The van der Waals surface area contributed by atoms with Crippen molar-refractivity contribution >= 4 is 29.2 Å². The summed E-state index contributed by atoms with van der Waals surface area (Å²) in [6.45, 7) is 1.02. The molecule has 1 unspecified atom stereocenters. The van der Waals surface area contributed by atoms with Crippen molar-refractivity contribution in [1.29, 1.82) is 0 Å². The molecule has 6 heteroatoms. The van der Waals surface area contributed by atoms with Gasteiger partial charge in [-0.25, -0.2) is 4.39 Å². The summed E-state index contributed by atoms with van der Waals surface area (Å²) in [5, 5.41) is 0. The Morgan fingerprint density at radius 1 is 1.24 bits per heavy atom. The predicted molar refractivity (Wildman–Crippen MR) is 97.2 cm³/mol. The number of nitrogens with zero attached hydrogens (tertiary/aromatic N) is 1. The first-order valence-electron chi connectivity index (χ1n) is 8.15. The molecule has 1 aromatic carbocycles.